The number of esters is 1. The first kappa shape index (κ1) is 51.2. The molecule has 3 aliphatic heterocycles. The zero-order chi connectivity index (χ0) is 48.2. The summed E-state index contributed by atoms with van der Waals surface area (Å²) in [6.45, 7) is 11.4. The van der Waals surface area contributed by atoms with Gasteiger partial charge in [0.05, 0.1) is 54.4 Å². The fraction of sp³-hybridized carbons (Fsp3) is 0.824. The normalized spacial score (nSPS) is 49.4. The number of methoxy groups -OCH3 is 3. The number of ether oxygens (including phenoxy) is 10. The molecular weight excluding hydrogens is 869 g/mol. The van der Waals surface area contributed by atoms with Crippen molar-refractivity contribution in [2.75, 3.05) is 21.3 Å². The highest BCUT2D eigenvalue weighted by atomic mass is 16.8. The molecule has 67 heavy (non-hydrogen) atoms. The van der Waals surface area contributed by atoms with Crippen molar-refractivity contribution in [2.45, 2.75) is 209 Å². The van der Waals surface area contributed by atoms with Gasteiger partial charge in [-0.25, -0.2) is 4.79 Å². The maximum Gasteiger partial charge on any atom is 0.331 e. The Labute approximate surface area is 395 Å². The molecule has 7 fully saturated rings. The van der Waals surface area contributed by atoms with Crippen LogP contribution in [0.5, 0.6) is 0 Å². The van der Waals surface area contributed by atoms with Crippen LogP contribution in [-0.4, -0.2) is 163 Å². The van der Waals surface area contributed by atoms with Crippen LogP contribution in [0.1, 0.15) is 105 Å². The van der Waals surface area contributed by atoms with Gasteiger partial charge in [-0.15, -0.1) is 0 Å². The minimum absolute atomic E-state index is 0.113. The van der Waals surface area contributed by atoms with Gasteiger partial charge >= 0.3 is 5.97 Å². The average Bonchev–Trinajstić information content (AvgIpc) is 3.59. The highest BCUT2D eigenvalue weighted by Crippen LogP contribution is 2.70. The van der Waals surface area contributed by atoms with Crippen molar-refractivity contribution in [1.82, 2.24) is 0 Å². The van der Waals surface area contributed by atoms with E-state index in [1.807, 2.05) is 51.1 Å². The lowest BCUT2D eigenvalue weighted by Gasteiger charge is -2.66. The largest absolute Gasteiger partial charge is 0.456 e. The summed E-state index contributed by atoms with van der Waals surface area (Å²) < 4.78 is 61.9. The highest BCUT2D eigenvalue weighted by Gasteiger charge is 2.74. The Morgan fingerprint density at radius 3 is 2.01 bits per heavy atom. The number of aliphatic hydroxyl groups excluding tert-OH is 4. The number of aliphatic hydroxyl groups is 5. The summed E-state index contributed by atoms with van der Waals surface area (Å²) in [5.74, 6) is -1.36. The molecule has 3 saturated heterocycles. The Kier molecular flexibility index (Phi) is 15.7. The van der Waals surface area contributed by atoms with E-state index < -0.39 is 109 Å². The van der Waals surface area contributed by atoms with E-state index in [0.717, 1.165) is 31.2 Å². The number of hydrogen-bond acceptors (Lipinski definition) is 16. The maximum absolute atomic E-state index is 13.6. The summed E-state index contributed by atoms with van der Waals surface area (Å²) in [6.07, 6.45) is -3.26. The number of carbonyl (C=O) groups is 1. The van der Waals surface area contributed by atoms with Gasteiger partial charge in [-0.2, -0.15) is 0 Å². The lowest BCUT2D eigenvalue weighted by Crippen LogP contribution is -2.73. The standard InChI is InChI=1S/C51H78O16/c1-26(52)33-20-22-51(57)34-17-16-31-23-32(19-21-49(31,5)40(34)42(55)47(50(33,51)6)65-37(53)18-15-30-13-11-10-12-14-30)64-38-24-35(58-7)44(28(3)61-38)66-39-25-36(59-8)45(29(4)62-39)67-48-43(56)46(60-9)41(54)27(2)63-48/h10-15,18,26-29,31-36,38-48,52,54-57H,16-17,19-25H2,1-9H3/b18-15+/t26-,27-,28-,29-,31+,32+,33-,34-,35+,36-,38+,39+,40-,41-,42+,43-,44-,45-,46-,47-,48+,49+,50+,51+/m1/s1. The first-order valence-electron chi connectivity index (χ1n) is 24.8. The zero-order valence-electron chi connectivity index (χ0n) is 40.8. The summed E-state index contributed by atoms with van der Waals surface area (Å²) in [5, 5.41) is 58.1. The Morgan fingerprint density at radius 1 is 0.746 bits per heavy atom. The molecule has 0 radical (unpaired) electrons. The summed E-state index contributed by atoms with van der Waals surface area (Å²) in [7, 11) is 4.66. The van der Waals surface area contributed by atoms with E-state index in [9.17, 15) is 30.3 Å². The van der Waals surface area contributed by atoms with Gasteiger partial charge in [0.1, 0.15) is 36.6 Å². The van der Waals surface area contributed by atoms with E-state index in [1.54, 1.807) is 34.1 Å². The van der Waals surface area contributed by atoms with Crippen molar-refractivity contribution in [3.05, 3.63) is 42.0 Å². The second-order valence-corrected chi connectivity index (χ2v) is 21.3. The Bertz CT molecular complexity index is 1840. The van der Waals surface area contributed by atoms with Gasteiger partial charge in [-0.05, 0) is 113 Å². The van der Waals surface area contributed by atoms with E-state index in [0.29, 0.717) is 32.1 Å². The zero-order valence-corrected chi connectivity index (χ0v) is 40.8. The molecule has 0 bridgehead atoms. The number of benzene rings is 1. The molecule has 5 N–H and O–H groups in total. The molecule has 16 heteroatoms. The van der Waals surface area contributed by atoms with Crippen molar-refractivity contribution < 1.29 is 77.7 Å². The molecule has 4 aliphatic carbocycles. The minimum atomic E-state index is -1.25. The minimum Gasteiger partial charge on any atom is -0.456 e. The van der Waals surface area contributed by atoms with Crippen LogP contribution in [0.15, 0.2) is 36.4 Å². The molecule has 4 saturated carbocycles. The molecule has 24 atom stereocenters. The second kappa shape index (κ2) is 20.5. The van der Waals surface area contributed by atoms with Crippen molar-refractivity contribution >= 4 is 12.0 Å². The molecular formula is C51H78O16. The molecule has 1 aromatic rings. The number of fused-ring (bicyclic) bond motifs is 5. The molecule has 16 nitrogen and oxygen atoms in total. The lowest BCUT2D eigenvalue weighted by atomic mass is 9.41. The van der Waals surface area contributed by atoms with Crippen LogP contribution in [0.25, 0.3) is 6.08 Å². The third-order valence-corrected chi connectivity index (χ3v) is 17.8. The van der Waals surface area contributed by atoms with Crippen LogP contribution in [0.2, 0.25) is 0 Å². The van der Waals surface area contributed by atoms with E-state index in [-0.39, 0.29) is 41.3 Å². The summed E-state index contributed by atoms with van der Waals surface area (Å²) in [4.78, 5) is 13.6. The molecule has 0 aromatic heterocycles. The third kappa shape index (κ3) is 9.45. The van der Waals surface area contributed by atoms with Crippen molar-refractivity contribution in [2.24, 2.45) is 34.5 Å². The summed E-state index contributed by atoms with van der Waals surface area (Å²) in [6, 6.07) is 9.47. The molecule has 3 heterocycles. The van der Waals surface area contributed by atoms with Gasteiger partial charge in [-0.1, -0.05) is 44.2 Å². The van der Waals surface area contributed by atoms with Crippen LogP contribution in [-0.2, 0) is 52.2 Å². The van der Waals surface area contributed by atoms with E-state index in [2.05, 4.69) is 6.92 Å². The predicted molar refractivity (Wildman–Crippen MR) is 242 cm³/mol. The first-order valence-corrected chi connectivity index (χ1v) is 24.8. The Hall–Kier alpha value is -2.13. The highest BCUT2D eigenvalue weighted by molar-refractivity contribution is 5.87. The molecule has 0 unspecified atom stereocenters. The van der Waals surface area contributed by atoms with Gasteiger partial charge < -0.3 is 72.9 Å². The average molecular weight is 947 g/mol. The lowest BCUT2D eigenvalue weighted by molar-refractivity contribution is -0.352. The molecule has 0 amide bonds. The third-order valence-electron chi connectivity index (χ3n) is 17.8. The number of rotatable bonds is 13. The van der Waals surface area contributed by atoms with Crippen LogP contribution in [0, 0.1) is 34.5 Å². The fourth-order valence-corrected chi connectivity index (χ4v) is 14.2. The molecule has 378 valence electrons. The van der Waals surface area contributed by atoms with E-state index in [4.69, 9.17) is 47.4 Å². The SMILES string of the molecule is CO[C@H]1[C@@H](O)[C@H](O[C@@H]2[C@@H](C)O[C@@H](O[C@H]3[C@@H](OC)C[C@H](O[C@H]4CC[C@@]5(C)[C@@H](CC[C@@H]6[C@@H]5[C@H](O)[C@@H](OC(=O)/C=C/c5ccccc5)[C@]5(C)[C@@H]([C@@H](C)O)CC[C@]65O)C4)O[C@@H]3C)C[C@H]2OC)O[C@H](C)[C@H]1O. The topological polar surface area (TPSA) is 211 Å². The Balaban J connectivity index is 0.901. The van der Waals surface area contributed by atoms with Crippen molar-refractivity contribution in [3.8, 4) is 0 Å². The van der Waals surface area contributed by atoms with E-state index >= 15 is 0 Å². The van der Waals surface area contributed by atoms with E-state index in [1.165, 1.54) is 13.2 Å². The second-order valence-electron chi connectivity index (χ2n) is 21.3. The van der Waals surface area contributed by atoms with Crippen molar-refractivity contribution in [1.29, 1.82) is 0 Å². The van der Waals surface area contributed by atoms with Crippen LogP contribution in [0.3, 0.4) is 0 Å². The van der Waals surface area contributed by atoms with Crippen LogP contribution < -0.4 is 0 Å². The van der Waals surface area contributed by atoms with Gasteiger partial charge in [0.25, 0.3) is 0 Å². The summed E-state index contributed by atoms with van der Waals surface area (Å²) >= 11 is 0. The number of hydrogen-bond donors (Lipinski definition) is 5. The first-order chi connectivity index (χ1) is 31.9. The van der Waals surface area contributed by atoms with Gasteiger partial charge in [0.15, 0.2) is 18.9 Å². The van der Waals surface area contributed by atoms with Crippen LogP contribution >= 0.6 is 0 Å². The van der Waals surface area contributed by atoms with Crippen LogP contribution in [0.4, 0.5) is 0 Å². The van der Waals surface area contributed by atoms with Crippen molar-refractivity contribution in [3.63, 3.8) is 0 Å². The predicted octanol–water partition coefficient (Wildman–Crippen LogP) is 4.28. The molecule has 0 spiro atoms. The molecule has 8 rings (SSSR count). The van der Waals surface area contributed by atoms with Gasteiger partial charge in [0, 0.05) is 45.7 Å². The molecule has 7 aliphatic rings. The van der Waals surface area contributed by atoms with Gasteiger partial charge in [0.2, 0.25) is 0 Å². The van der Waals surface area contributed by atoms with Gasteiger partial charge in [-0.3, -0.25) is 0 Å². The quantitative estimate of drug-likeness (QED) is 0.106. The smallest absolute Gasteiger partial charge is 0.331 e. The number of carbonyl (C=O) groups excluding carboxylic acids is 1. The summed E-state index contributed by atoms with van der Waals surface area (Å²) in [5.41, 5.74) is -1.85. The maximum atomic E-state index is 13.6. The fourth-order valence-electron chi connectivity index (χ4n) is 14.2. The Morgan fingerprint density at radius 2 is 1.39 bits per heavy atom. The monoisotopic (exact) mass is 947 g/mol. The molecule has 1 aromatic carbocycles.